The van der Waals surface area contributed by atoms with Gasteiger partial charge < -0.3 is 15.6 Å². The Balaban J connectivity index is 2.34. The van der Waals surface area contributed by atoms with Crippen LogP contribution in [0.2, 0.25) is 0 Å². The highest BCUT2D eigenvalue weighted by Crippen LogP contribution is 2.26. The van der Waals surface area contributed by atoms with Crippen LogP contribution in [0.25, 0.3) is 11.5 Å². The second kappa shape index (κ2) is 6.35. The van der Waals surface area contributed by atoms with Gasteiger partial charge in [0.2, 0.25) is 17.6 Å². The molecule has 112 valence electrons. The molecule has 2 aromatic rings. The molecule has 2 rings (SSSR count). The Bertz CT molecular complexity index is 665. The summed E-state index contributed by atoms with van der Waals surface area (Å²) in [6.07, 6.45) is 0. The number of nitrogens with one attached hydrogen (secondary N) is 1. The standard InChI is InChI=1S/C10H13N7O3S/c1-3-17-9(13-14-10(17)21-4-6(11)19)7-8(12-5(2)18)16-20-15-7/h3-4H2,1-2H3,(H2,11,19)(H,12,16,18). The lowest BCUT2D eigenvalue weighted by molar-refractivity contribution is -0.116. The number of aromatic nitrogens is 5. The third kappa shape index (κ3) is 3.37. The molecule has 0 saturated heterocycles. The van der Waals surface area contributed by atoms with Gasteiger partial charge in [0.1, 0.15) is 0 Å². The summed E-state index contributed by atoms with van der Waals surface area (Å²) in [6.45, 7) is 3.76. The highest BCUT2D eigenvalue weighted by Gasteiger charge is 2.21. The molecule has 0 bridgehead atoms. The van der Waals surface area contributed by atoms with E-state index in [0.29, 0.717) is 17.5 Å². The Morgan fingerprint density at radius 2 is 2.14 bits per heavy atom. The third-order valence-corrected chi connectivity index (χ3v) is 3.36. The first-order valence-electron chi connectivity index (χ1n) is 5.97. The van der Waals surface area contributed by atoms with E-state index >= 15 is 0 Å². The van der Waals surface area contributed by atoms with Gasteiger partial charge in [-0.1, -0.05) is 11.8 Å². The van der Waals surface area contributed by atoms with Crippen molar-refractivity contribution in [2.45, 2.75) is 25.5 Å². The predicted octanol–water partition coefficient (Wildman–Crippen LogP) is -0.116. The topological polar surface area (TPSA) is 142 Å². The number of hydrogen-bond donors (Lipinski definition) is 2. The number of carbonyl (C=O) groups is 2. The summed E-state index contributed by atoms with van der Waals surface area (Å²) in [6, 6.07) is 0. The number of carbonyl (C=O) groups excluding carboxylic acids is 2. The summed E-state index contributed by atoms with van der Waals surface area (Å²) in [5.41, 5.74) is 5.38. The number of nitrogens with zero attached hydrogens (tertiary/aromatic N) is 5. The van der Waals surface area contributed by atoms with Crippen LogP contribution in [0.5, 0.6) is 0 Å². The Hall–Kier alpha value is -2.43. The van der Waals surface area contributed by atoms with E-state index in [4.69, 9.17) is 5.73 Å². The van der Waals surface area contributed by atoms with Crippen molar-refractivity contribution in [2.75, 3.05) is 11.1 Å². The van der Waals surface area contributed by atoms with Crippen molar-refractivity contribution < 1.29 is 14.2 Å². The van der Waals surface area contributed by atoms with Crippen LogP contribution >= 0.6 is 11.8 Å². The maximum atomic E-state index is 11.1. The van der Waals surface area contributed by atoms with Gasteiger partial charge in [-0.05, 0) is 17.2 Å². The van der Waals surface area contributed by atoms with Gasteiger partial charge in [-0.15, -0.1) is 10.2 Å². The molecular weight excluding hydrogens is 298 g/mol. The van der Waals surface area contributed by atoms with Gasteiger partial charge >= 0.3 is 0 Å². The molecule has 0 saturated carbocycles. The molecule has 0 aliphatic heterocycles. The first-order valence-corrected chi connectivity index (χ1v) is 6.96. The molecule has 2 amide bonds. The van der Waals surface area contributed by atoms with E-state index in [0.717, 1.165) is 0 Å². The number of thioether (sulfide) groups is 1. The molecule has 0 spiro atoms. The van der Waals surface area contributed by atoms with Crippen LogP contribution in [-0.4, -0.2) is 42.6 Å². The van der Waals surface area contributed by atoms with Gasteiger partial charge in [0, 0.05) is 13.5 Å². The Labute approximate surface area is 123 Å². The molecule has 0 aliphatic carbocycles. The SMILES string of the molecule is CCn1c(SCC(N)=O)nnc1-c1nonc1NC(C)=O. The monoisotopic (exact) mass is 311 g/mol. The first-order chi connectivity index (χ1) is 10.0. The summed E-state index contributed by atoms with van der Waals surface area (Å²) in [5, 5.41) is 18.3. The van der Waals surface area contributed by atoms with Crippen LogP contribution in [-0.2, 0) is 16.1 Å². The maximum Gasteiger partial charge on any atom is 0.227 e. The molecule has 0 radical (unpaired) electrons. The third-order valence-electron chi connectivity index (χ3n) is 2.37. The van der Waals surface area contributed by atoms with Crippen LogP contribution in [0.3, 0.4) is 0 Å². The van der Waals surface area contributed by atoms with E-state index in [2.05, 4.69) is 30.5 Å². The number of nitrogens with two attached hydrogens (primary N) is 1. The molecule has 0 aliphatic rings. The Morgan fingerprint density at radius 1 is 1.38 bits per heavy atom. The normalized spacial score (nSPS) is 10.6. The summed E-state index contributed by atoms with van der Waals surface area (Å²) >= 11 is 1.17. The fourth-order valence-corrected chi connectivity index (χ4v) is 2.32. The predicted molar refractivity (Wildman–Crippen MR) is 73.2 cm³/mol. The molecule has 0 unspecified atom stereocenters. The minimum Gasteiger partial charge on any atom is -0.369 e. The van der Waals surface area contributed by atoms with E-state index in [1.165, 1.54) is 18.7 Å². The summed E-state index contributed by atoms with van der Waals surface area (Å²) < 4.78 is 6.35. The molecule has 11 heteroatoms. The maximum absolute atomic E-state index is 11.1. The van der Waals surface area contributed by atoms with Gasteiger partial charge in [0.05, 0.1) is 5.75 Å². The van der Waals surface area contributed by atoms with Crippen LogP contribution in [0.1, 0.15) is 13.8 Å². The zero-order chi connectivity index (χ0) is 15.4. The van der Waals surface area contributed by atoms with E-state index in [9.17, 15) is 9.59 Å². The fourth-order valence-electron chi connectivity index (χ4n) is 1.58. The molecule has 3 N–H and O–H groups in total. The number of anilines is 1. The van der Waals surface area contributed by atoms with Gasteiger partial charge in [-0.25, -0.2) is 4.63 Å². The van der Waals surface area contributed by atoms with Crippen LogP contribution in [0.4, 0.5) is 5.82 Å². The lowest BCUT2D eigenvalue weighted by Gasteiger charge is -2.05. The average molecular weight is 311 g/mol. The highest BCUT2D eigenvalue weighted by molar-refractivity contribution is 7.99. The van der Waals surface area contributed by atoms with Gasteiger partial charge in [-0.2, -0.15) is 0 Å². The van der Waals surface area contributed by atoms with Crippen molar-refractivity contribution in [3.63, 3.8) is 0 Å². The number of primary amides is 1. The second-order valence-corrected chi connectivity index (χ2v) is 4.89. The number of amides is 2. The molecule has 10 nitrogen and oxygen atoms in total. The minimum absolute atomic E-state index is 0.0910. The van der Waals surface area contributed by atoms with Gasteiger partial charge in [-0.3, -0.25) is 9.59 Å². The molecule has 0 atom stereocenters. The van der Waals surface area contributed by atoms with E-state index < -0.39 is 5.91 Å². The number of rotatable bonds is 6. The van der Waals surface area contributed by atoms with E-state index in [1.54, 1.807) is 4.57 Å². The van der Waals surface area contributed by atoms with Crippen molar-refractivity contribution in [3.8, 4) is 11.5 Å². The van der Waals surface area contributed by atoms with Crippen molar-refractivity contribution in [1.82, 2.24) is 25.1 Å². The largest absolute Gasteiger partial charge is 0.369 e. The quantitative estimate of drug-likeness (QED) is 0.703. The Kier molecular flexibility index (Phi) is 4.52. The molecule has 0 fully saturated rings. The molecule has 21 heavy (non-hydrogen) atoms. The minimum atomic E-state index is -0.450. The van der Waals surface area contributed by atoms with Crippen molar-refractivity contribution in [3.05, 3.63) is 0 Å². The van der Waals surface area contributed by atoms with Crippen molar-refractivity contribution in [2.24, 2.45) is 5.73 Å². The second-order valence-electron chi connectivity index (χ2n) is 3.95. The lowest BCUT2D eigenvalue weighted by atomic mass is 10.4. The zero-order valence-electron chi connectivity index (χ0n) is 11.4. The lowest BCUT2D eigenvalue weighted by Crippen LogP contribution is -2.14. The van der Waals surface area contributed by atoms with Crippen molar-refractivity contribution >= 4 is 29.4 Å². The summed E-state index contributed by atoms with van der Waals surface area (Å²) in [5.74, 6) is -0.120. The smallest absolute Gasteiger partial charge is 0.227 e. The van der Waals surface area contributed by atoms with E-state index in [-0.39, 0.29) is 23.2 Å². The molecular formula is C10H13N7O3S. The van der Waals surface area contributed by atoms with Crippen molar-refractivity contribution in [1.29, 1.82) is 0 Å². The fraction of sp³-hybridized carbons (Fsp3) is 0.400. The van der Waals surface area contributed by atoms with Gasteiger partial charge in [0.25, 0.3) is 0 Å². The molecule has 2 aromatic heterocycles. The number of hydrogen-bond acceptors (Lipinski definition) is 8. The molecule has 0 aromatic carbocycles. The van der Waals surface area contributed by atoms with Crippen LogP contribution < -0.4 is 11.1 Å². The summed E-state index contributed by atoms with van der Waals surface area (Å²) in [7, 11) is 0. The van der Waals surface area contributed by atoms with E-state index in [1.807, 2.05) is 6.92 Å². The zero-order valence-corrected chi connectivity index (χ0v) is 12.2. The summed E-state index contributed by atoms with van der Waals surface area (Å²) in [4.78, 5) is 22.0. The van der Waals surface area contributed by atoms with Gasteiger partial charge in [0.15, 0.2) is 16.7 Å². The first kappa shape index (κ1) is 15.0. The highest BCUT2D eigenvalue weighted by atomic mass is 32.2. The molecule has 2 heterocycles. The van der Waals surface area contributed by atoms with Crippen LogP contribution in [0, 0.1) is 0 Å². The average Bonchev–Trinajstić information content (AvgIpc) is 3.01. The van der Waals surface area contributed by atoms with Crippen LogP contribution in [0.15, 0.2) is 9.79 Å². The Morgan fingerprint density at radius 3 is 2.76 bits per heavy atom.